The highest BCUT2D eigenvalue weighted by Crippen LogP contribution is 2.11. The lowest BCUT2D eigenvalue weighted by Crippen LogP contribution is -2.12. The van der Waals surface area contributed by atoms with Crippen LogP contribution in [0.5, 0.6) is 0 Å². The van der Waals surface area contributed by atoms with Crippen LogP contribution in [0.1, 0.15) is 29.8 Å². The zero-order valence-corrected chi connectivity index (χ0v) is 11.6. The van der Waals surface area contributed by atoms with Crippen molar-refractivity contribution in [3.8, 4) is 0 Å². The van der Waals surface area contributed by atoms with Crippen molar-refractivity contribution in [1.82, 2.24) is 0 Å². The molecule has 0 spiro atoms. The molecule has 0 saturated heterocycles. The normalized spacial score (nSPS) is 11.4. The third-order valence-electron chi connectivity index (χ3n) is 2.85. The van der Waals surface area contributed by atoms with Gasteiger partial charge in [-0.3, -0.25) is 0 Å². The van der Waals surface area contributed by atoms with Crippen molar-refractivity contribution >= 4 is 11.7 Å². The monoisotopic (exact) mass is 267 g/mol. The SMILES string of the molecule is CC(C)C(=NOC(=O)c1ccccc1)c1ccccc1. The fraction of sp³-hybridized carbons (Fsp3) is 0.176. The van der Waals surface area contributed by atoms with Crippen LogP contribution in [-0.2, 0) is 4.84 Å². The molecule has 102 valence electrons. The second-order valence-electron chi connectivity index (χ2n) is 4.74. The molecule has 0 aliphatic heterocycles. The second kappa shape index (κ2) is 6.66. The third kappa shape index (κ3) is 3.54. The fourth-order valence-corrected chi connectivity index (χ4v) is 1.82. The summed E-state index contributed by atoms with van der Waals surface area (Å²) >= 11 is 0. The Hall–Kier alpha value is -2.42. The maximum atomic E-state index is 11.9. The molecule has 2 rings (SSSR count). The molecule has 0 aliphatic rings. The lowest BCUT2D eigenvalue weighted by atomic mass is 10.0. The minimum absolute atomic E-state index is 0.168. The first-order valence-electron chi connectivity index (χ1n) is 6.58. The van der Waals surface area contributed by atoms with Gasteiger partial charge in [-0.15, -0.1) is 0 Å². The van der Waals surface area contributed by atoms with E-state index in [1.807, 2.05) is 50.2 Å². The van der Waals surface area contributed by atoms with Crippen LogP contribution < -0.4 is 0 Å². The van der Waals surface area contributed by atoms with Crippen LogP contribution in [0.15, 0.2) is 65.8 Å². The van der Waals surface area contributed by atoms with E-state index >= 15 is 0 Å². The van der Waals surface area contributed by atoms with Crippen LogP contribution in [0.3, 0.4) is 0 Å². The Labute approximate surface area is 118 Å². The van der Waals surface area contributed by atoms with Gasteiger partial charge in [0.15, 0.2) is 0 Å². The highest BCUT2D eigenvalue weighted by atomic mass is 16.7. The Kier molecular flexibility index (Phi) is 4.66. The van der Waals surface area contributed by atoms with Gasteiger partial charge in [0.25, 0.3) is 0 Å². The van der Waals surface area contributed by atoms with Crippen molar-refractivity contribution in [3.05, 3.63) is 71.8 Å². The molecule has 0 atom stereocenters. The Morgan fingerprint density at radius 3 is 1.90 bits per heavy atom. The Bertz CT molecular complexity index is 589. The quantitative estimate of drug-likeness (QED) is 0.478. The van der Waals surface area contributed by atoms with Gasteiger partial charge < -0.3 is 4.84 Å². The molecule has 2 aromatic rings. The molecular formula is C17H17NO2. The number of rotatable bonds is 4. The highest BCUT2D eigenvalue weighted by Gasteiger charge is 2.11. The van der Waals surface area contributed by atoms with Crippen LogP contribution in [0.25, 0.3) is 0 Å². The minimum Gasteiger partial charge on any atom is -0.313 e. The minimum atomic E-state index is -0.445. The first kappa shape index (κ1) is 14.0. The summed E-state index contributed by atoms with van der Waals surface area (Å²) in [6.45, 7) is 4.03. The topological polar surface area (TPSA) is 38.7 Å². The van der Waals surface area contributed by atoms with Crippen molar-refractivity contribution in [1.29, 1.82) is 0 Å². The molecule has 3 nitrogen and oxygen atoms in total. The van der Waals surface area contributed by atoms with Crippen LogP contribution in [0, 0.1) is 5.92 Å². The molecule has 0 amide bonds. The number of hydrogen-bond acceptors (Lipinski definition) is 3. The van der Waals surface area contributed by atoms with Gasteiger partial charge >= 0.3 is 5.97 Å². The summed E-state index contributed by atoms with van der Waals surface area (Å²) in [6.07, 6.45) is 0. The third-order valence-corrected chi connectivity index (χ3v) is 2.85. The summed E-state index contributed by atoms with van der Waals surface area (Å²) in [5.41, 5.74) is 2.21. The number of carbonyl (C=O) groups is 1. The summed E-state index contributed by atoms with van der Waals surface area (Å²) in [6, 6.07) is 18.6. The van der Waals surface area contributed by atoms with Gasteiger partial charge in [0, 0.05) is 0 Å². The molecule has 20 heavy (non-hydrogen) atoms. The maximum Gasteiger partial charge on any atom is 0.365 e. The average Bonchev–Trinajstić information content (AvgIpc) is 2.49. The van der Waals surface area contributed by atoms with Gasteiger partial charge in [-0.05, 0) is 23.6 Å². The van der Waals surface area contributed by atoms with Gasteiger partial charge in [-0.1, -0.05) is 67.5 Å². The van der Waals surface area contributed by atoms with Gasteiger partial charge in [-0.2, -0.15) is 0 Å². The first-order valence-corrected chi connectivity index (χ1v) is 6.58. The average molecular weight is 267 g/mol. The fourth-order valence-electron chi connectivity index (χ4n) is 1.82. The van der Waals surface area contributed by atoms with Gasteiger partial charge in [-0.25, -0.2) is 4.79 Å². The van der Waals surface area contributed by atoms with E-state index in [1.54, 1.807) is 24.3 Å². The molecule has 0 aromatic heterocycles. The van der Waals surface area contributed by atoms with E-state index in [0.717, 1.165) is 11.3 Å². The molecule has 2 aromatic carbocycles. The van der Waals surface area contributed by atoms with Crippen LogP contribution in [0.4, 0.5) is 0 Å². The van der Waals surface area contributed by atoms with Gasteiger partial charge in [0.2, 0.25) is 0 Å². The van der Waals surface area contributed by atoms with E-state index in [0.29, 0.717) is 5.56 Å². The van der Waals surface area contributed by atoms with E-state index in [-0.39, 0.29) is 5.92 Å². The van der Waals surface area contributed by atoms with Crippen molar-refractivity contribution in [3.63, 3.8) is 0 Å². The number of benzene rings is 2. The number of oxime groups is 1. The molecule has 0 unspecified atom stereocenters. The van der Waals surface area contributed by atoms with E-state index in [9.17, 15) is 4.79 Å². The number of nitrogens with zero attached hydrogens (tertiary/aromatic N) is 1. The molecule has 0 aliphatic carbocycles. The molecule has 0 N–H and O–H groups in total. The largest absolute Gasteiger partial charge is 0.365 e. The molecule has 0 bridgehead atoms. The van der Waals surface area contributed by atoms with E-state index in [4.69, 9.17) is 4.84 Å². The Morgan fingerprint density at radius 2 is 1.40 bits per heavy atom. The lowest BCUT2D eigenvalue weighted by molar-refractivity contribution is 0.0515. The molecular weight excluding hydrogens is 250 g/mol. The number of carbonyl (C=O) groups excluding carboxylic acids is 1. The molecule has 0 saturated carbocycles. The summed E-state index contributed by atoms with van der Waals surface area (Å²) in [7, 11) is 0. The zero-order chi connectivity index (χ0) is 14.4. The van der Waals surface area contributed by atoms with Crippen molar-refractivity contribution < 1.29 is 9.63 Å². The Morgan fingerprint density at radius 1 is 0.900 bits per heavy atom. The predicted molar refractivity (Wildman–Crippen MR) is 79.7 cm³/mol. The van der Waals surface area contributed by atoms with Crippen LogP contribution in [-0.4, -0.2) is 11.7 Å². The Balaban J connectivity index is 2.17. The maximum absolute atomic E-state index is 11.9. The van der Waals surface area contributed by atoms with Crippen molar-refractivity contribution in [2.45, 2.75) is 13.8 Å². The lowest BCUT2D eigenvalue weighted by Gasteiger charge is -2.09. The van der Waals surface area contributed by atoms with E-state index < -0.39 is 5.97 Å². The number of hydrogen-bond donors (Lipinski definition) is 0. The molecule has 0 heterocycles. The van der Waals surface area contributed by atoms with Gasteiger partial charge in [0.1, 0.15) is 0 Å². The smallest absolute Gasteiger partial charge is 0.313 e. The predicted octanol–water partition coefficient (Wildman–Crippen LogP) is 3.90. The summed E-state index contributed by atoms with van der Waals surface area (Å²) in [5, 5.41) is 4.04. The van der Waals surface area contributed by atoms with E-state index in [2.05, 4.69) is 5.16 Å². The zero-order valence-electron chi connectivity index (χ0n) is 11.6. The van der Waals surface area contributed by atoms with Crippen LogP contribution in [0.2, 0.25) is 0 Å². The standard InChI is InChI=1S/C17H17NO2/c1-13(2)16(14-9-5-3-6-10-14)18-20-17(19)15-11-7-4-8-12-15/h3-13H,1-2H3. The second-order valence-corrected chi connectivity index (χ2v) is 4.74. The van der Waals surface area contributed by atoms with E-state index in [1.165, 1.54) is 0 Å². The molecule has 0 fully saturated rings. The molecule has 0 radical (unpaired) electrons. The summed E-state index contributed by atoms with van der Waals surface area (Å²) in [5.74, 6) is -0.277. The summed E-state index contributed by atoms with van der Waals surface area (Å²) in [4.78, 5) is 16.9. The highest BCUT2D eigenvalue weighted by molar-refractivity contribution is 6.02. The van der Waals surface area contributed by atoms with Crippen molar-refractivity contribution in [2.75, 3.05) is 0 Å². The van der Waals surface area contributed by atoms with Crippen molar-refractivity contribution in [2.24, 2.45) is 11.1 Å². The van der Waals surface area contributed by atoms with Gasteiger partial charge in [0.05, 0.1) is 11.3 Å². The van der Waals surface area contributed by atoms with Crippen LogP contribution >= 0.6 is 0 Å². The summed E-state index contributed by atoms with van der Waals surface area (Å²) < 4.78 is 0. The first-order chi connectivity index (χ1) is 9.68. The molecule has 3 heteroatoms.